The maximum absolute atomic E-state index is 12.6. The van der Waals surface area contributed by atoms with Gasteiger partial charge in [-0.05, 0) is 24.8 Å². The third kappa shape index (κ3) is 3.83. The topological polar surface area (TPSA) is 41.6 Å². The molecule has 2 rings (SSSR count). The van der Waals surface area contributed by atoms with E-state index in [0.29, 0.717) is 19.1 Å². The van der Waals surface area contributed by atoms with Gasteiger partial charge in [0.2, 0.25) is 5.91 Å². The molecule has 1 saturated heterocycles. The zero-order valence-corrected chi connectivity index (χ0v) is 13.4. The molecular weight excluding hydrogens is 264 g/mol. The minimum absolute atomic E-state index is 0.0451. The molecule has 1 aliphatic heterocycles. The monoisotopic (exact) mass is 290 g/mol. The van der Waals surface area contributed by atoms with Crippen molar-refractivity contribution in [2.45, 2.75) is 39.4 Å². The molecule has 0 aliphatic carbocycles. The van der Waals surface area contributed by atoms with Crippen molar-refractivity contribution in [2.24, 2.45) is 5.92 Å². The summed E-state index contributed by atoms with van der Waals surface area (Å²) in [5, 5.41) is 3.50. The van der Waals surface area contributed by atoms with Crippen LogP contribution in [0.3, 0.4) is 0 Å². The van der Waals surface area contributed by atoms with Gasteiger partial charge in [0.1, 0.15) is 6.17 Å². The van der Waals surface area contributed by atoms with Gasteiger partial charge in [-0.25, -0.2) is 0 Å². The summed E-state index contributed by atoms with van der Waals surface area (Å²) in [5.41, 5.74) is 2.35. The number of carbonyl (C=O) groups is 1. The van der Waals surface area contributed by atoms with Crippen LogP contribution < -0.4 is 5.32 Å². The molecule has 21 heavy (non-hydrogen) atoms. The van der Waals surface area contributed by atoms with Gasteiger partial charge in [-0.1, -0.05) is 43.7 Å². The summed E-state index contributed by atoms with van der Waals surface area (Å²) in [6.45, 7) is 7.55. The van der Waals surface area contributed by atoms with Crippen LogP contribution in [-0.2, 0) is 9.53 Å². The van der Waals surface area contributed by atoms with Crippen molar-refractivity contribution in [1.29, 1.82) is 0 Å². The maximum atomic E-state index is 12.6. The van der Waals surface area contributed by atoms with Crippen LogP contribution in [0.2, 0.25) is 0 Å². The summed E-state index contributed by atoms with van der Waals surface area (Å²) in [4.78, 5) is 14.5. The van der Waals surface area contributed by atoms with Crippen molar-refractivity contribution < 1.29 is 9.53 Å². The molecule has 0 saturated carbocycles. The van der Waals surface area contributed by atoms with Crippen LogP contribution in [0.15, 0.2) is 24.3 Å². The van der Waals surface area contributed by atoms with E-state index in [4.69, 9.17) is 4.74 Å². The predicted octanol–water partition coefficient (Wildman–Crippen LogP) is 2.49. The van der Waals surface area contributed by atoms with E-state index in [1.165, 1.54) is 5.56 Å². The molecule has 1 N–H and O–H groups in total. The highest BCUT2D eigenvalue weighted by molar-refractivity contribution is 5.84. The second-order valence-electron chi connectivity index (χ2n) is 6.19. The Morgan fingerprint density at radius 3 is 2.76 bits per heavy atom. The van der Waals surface area contributed by atoms with E-state index in [1.807, 2.05) is 11.0 Å². The van der Waals surface area contributed by atoms with Gasteiger partial charge in [-0.2, -0.15) is 0 Å². The van der Waals surface area contributed by atoms with Crippen LogP contribution in [0, 0.1) is 12.8 Å². The van der Waals surface area contributed by atoms with Crippen LogP contribution in [-0.4, -0.2) is 37.1 Å². The third-order valence-electron chi connectivity index (χ3n) is 3.85. The quantitative estimate of drug-likeness (QED) is 0.875. The van der Waals surface area contributed by atoms with Crippen molar-refractivity contribution >= 4 is 5.91 Å². The molecule has 1 amide bonds. The Morgan fingerprint density at radius 1 is 1.38 bits per heavy atom. The van der Waals surface area contributed by atoms with Gasteiger partial charge < -0.3 is 9.64 Å². The standard InChI is InChI=1S/C17H26N2O2/c1-12(2)10-15-17(20)19(8-9-21-4)16(18-15)14-7-5-6-13(3)11-14/h5-7,11-12,15-16,18H,8-10H2,1-4H3. The predicted molar refractivity (Wildman–Crippen MR) is 83.9 cm³/mol. The number of hydrogen-bond donors (Lipinski definition) is 1. The van der Waals surface area contributed by atoms with Gasteiger partial charge in [0.25, 0.3) is 0 Å². The summed E-state index contributed by atoms with van der Waals surface area (Å²) in [7, 11) is 1.67. The van der Waals surface area contributed by atoms with E-state index in [2.05, 4.69) is 44.3 Å². The molecule has 0 bridgehead atoms. The molecule has 4 nitrogen and oxygen atoms in total. The largest absolute Gasteiger partial charge is 0.383 e. The van der Waals surface area contributed by atoms with E-state index in [0.717, 1.165) is 12.0 Å². The highest BCUT2D eigenvalue weighted by Crippen LogP contribution is 2.28. The molecule has 116 valence electrons. The Labute approximate surface area is 127 Å². The van der Waals surface area contributed by atoms with E-state index in [1.54, 1.807) is 7.11 Å². The van der Waals surface area contributed by atoms with Gasteiger partial charge in [-0.15, -0.1) is 0 Å². The fourth-order valence-corrected chi connectivity index (χ4v) is 2.86. The molecule has 0 spiro atoms. The highest BCUT2D eigenvalue weighted by atomic mass is 16.5. The van der Waals surface area contributed by atoms with Gasteiger partial charge >= 0.3 is 0 Å². The lowest BCUT2D eigenvalue weighted by molar-refractivity contribution is -0.131. The summed E-state index contributed by atoms with van der Waals surface area (Å²) < 4.78 is 5.15. The SMILES string of the molecule is COCCN1C(=O)C(CC(C)C)NC1c1cccc(C)c1. The van der Waals surface area contributed by atoms with Crippen molar-refractivity contribution in [3.63, 3.8) is 0 Å². The van der Waals surface area contributed by atoms with Crippen LogP contribution in [0.1, 0.15) is 37.6 Å². The van der Waals surface area contributed by atoms with Crippen LogP contribution in [0.4, 0.5) is 0 Å². The number of nitrogens with one attached hydrogen (secondary N) is 1. The van der Waals surface area contributed by atoms with Gasteiger partial charge in [0.05, 0.1) is 12.6 Å². The van der Waals surface area contributed by atoms with Crippen molar-refractivity contribution in [2.75, 3.05) is 20.3 Å². The Kier molecular flexibility index (Phi) is 5.37. The van der Waals surface area contributed by atoms with Crippen LogP contribution >= 0.6 is 0 Å². The Bertz CT molecular complexity index is 487. The first-order valence-corrected chi connectivity index (χ1v) is 7.65. The first kappa shape index (κ1) is 16.0. The first-order chi connectivity index (χ1) is 10.0. The summed E-state index contributed by atoms with van der Waals surface area (Å²) in [6, 6.07) is 8.25. The minimum Gasteiger partial charge on any atom is -0.383 e. The minimum atomic E-state index is -0.0904. The van der Waals surface area contributed by atoms with E-state index in [-0.39, 0.29) is 18.1 Å². The van der Waals surface area contributed by atoms with E-state index < -0.39 is 0 Å². The van der Waals surface area contributed by atoms with Gasteiger partial charge in [-0.3, -0.25) is 10.1 Å². The molecule has 2 atom stereocenters. The number of hydrogen-bond acceptors (Lipinski definition) is 3. The third-order valence-corrected chi connectivity index (χ3v) is 3.85. The molecular formula is C17H26N2O2. The molecule has 1 aliphatic rings. The van der Waals surface area contributed by atoms with Crippen molar-refractivity contribution in [3.05, 3.63) is 35.4 Å². The number of methoxy groups -OCH3 is 1. The molecule has 0 aromatic heterocycles. The number of aryl methyl sites for hydroxylation is 1. The number of benzene rings is 1. The lowest BCUT2D eigenvalue weighted by atomic mass is 10.0. The number of rotatable bonds is 6. The Hall–Kier alpha value is -1.39. The molecule has 2 unspecified atom stereocenters. The number of ether oxygens (including phenoxy) is 1. The average Bonchev–Trinajstić information content (AvgIpc) is 2.73. The number of nitrogens with zero attached hydrogens (tertiary/aromatic N) is 1. The van der Waals surface area contributed by atoms with Crippen molar-refractivity contribution in [3.8, 4) is 0 Å². The fraction of sp³-hybridized carbons (Fsp3) is 0.588. The Morgan fingerprint density at radius 2 is 2.14 bits per heavy atom. The molecule has 0 radical (unpaired) electrons. The number of carbonyl (C=O) groups excluding carboxylic acids is 1. The maximum Gasteiger partial charge on any atom is 0.241 e. The number of amides is 1. The molecule has 1 fully saturated rings. The molecule has 1 aromatic carbocycles. The summed E-state index contributed by atoms with van der Waals surface area (Å²) in [6.07, 6.45) is 0.821. The molecule has 1 heterocycles. The van der Waals surface area contributed by atoms with E-state index in [9.17, 15) is 4.79 Å². The smallest absolute Gasteiger partial charge is 0.241 e. The Balaban J connectivity index is 2.21. The zero-order chi connectivity index (χ0) is 15.4. The lowest BCUT2D eigenvalue weighted by Crippen LogP contribution is -2.34. The molecule has 4 heteroatoms. The summed E-state index contributed by atoms with van der Waals surface area (Å²) in [5.74, 6) is 0.680. The second-order valence-corrected chi connectivity index (χ2v) is 6.19. The van der Waals surface area contributed by atoms with Crippen LogP contribution in [0.25, 0.3) is 0 Å². The summed E-state index contributed by atoms with van der Waals surface area (Å²) >= 11 is 0. The molecule has 1 aromatic rings. The van der Waals surface area contributed by atoms with E-state index >= 15 is 0 Å². The average molecular weight is 290 g/mol. The zero-order valence-electron chi connectivity index (χ0n) is 13.4. The fourth-order valence-electron chi connectivity index (χ4n) is 2.86. The lowest BCUT2D eigenvalue weighted by Gasteiger charge is -2.24. The van der Waals surface area contributed by atoms with Gasteiger partial charge in [0.15, 0.2) is 0 Å². The first-order valence-electron chi connectivity index (χ1n) is 7.65. The van der Waals surface area contributed by atoms with Crippen molar-refractivity contribution in [1.82, 2.24) is 10.2 Å². The highest BCUT2D eigenvalue weighted by Gasteiger charge is 2.39. The van der Waals surface area contributed by atoms with Gasteiger partial charge in [0, 0.05) is 13.7 Å². The normalized spacial score (nSPS) is 22.3. The van der Waals surface area contributed by atoms with Crippen LogP contribution in [0.5, 0.6) is 0 Å². The second kappa shape index (κ2) is 7.05.